The predicted octanol–water partition coefficient (Wildman–Crippen LogP) is -5.26. The molecule has 0 heterocycles. The highest BCUT2D eigenvalue weighted by molar-refractivity contribution is 6.58. The van der Waals surface area contributed by atoms with Crippen LogP contribution >= 0.6 is 0 Å². The Labute approximate surface area is 82.1 Å². The number of hydrogen-bond donors (Lipinski definition) is 1. The average Bonchev–Trinajstić information content (AvgIpc) is 2.13. The topological polar surface area (TPSA) is 29.1 Å². The molecule has 0 spiro atoms. The lowest BCUT2D eigenvalue weighted by Crippen LogP contribution is -2.43. The number of nitrogens with one attached hydrogen (secondary N) is 1. The lowest BCUT2D eigenvalue weighted by Gasteiger charge is -2.10. The van der Waals surface area contributed by atoms with Gasteiger partial charge in [0.25, 0.3) is 0 Å². The quantitative estimate of drug-likeness (QED) is 0.417. The fourth-order valence-electron chi connectivity index (χ4n) is 1.34. The molecule has 2 nitrogen and oxygen atoms in total. The first-order valence-electron chi connectivity index (χ1n) is 4.36. The second kappa shape index (κ2) is 3.77. The summed E-state index contributed by atoms with van der Waals surface area (Å²) in [6, 6.07) is 3.85. The van der Waals surface area contributed by atoms with E-state index in [2.05, 4.69) is 13.1 Å². The smallest absolute Gasteiger partial charge is 0.238 e. The van der Waals surface area contributed by atoms with Crippen molar-refractivity contribution in [1.82, 2.24) is 5.23 Å². The summed E-state index contributed by atoms with van der Waals surface area (Å²) < 4.78 is 0. The predicted molar refractivity (Wildman–Crippen MR) is 67.0 cm³/mol. The normalized spacial score (nSPS) is 9.54. The minimum Gasteiger partial charge on any atom is -0.402 e. The number of carbonyl (C=O) groups excluding carboxylic acids is 1. The zero-order valence-electron chi connectivity index (χ0n) is 8.56. The first kappa shape index (κ1) is 10.0. The van der Waals surface area contributed by atoms with E-state index in [0.29, 0.717) is 0 Å². The van der Waals surface area contributed by atoms with E-state index >= 15 is 0 Å². The average molecular weight is 168 g/mol. The Balaban J connectivity index is 3.26. The van der Waals surface area contributed by atoms with Gasteiger partial charge in [0.15, 0.2) is 0 Å². The summed E-state index contributed by atoms with van der Waals surface area (Å²) in [6.07, 6.45) is 0. The van der Waals surface area contributed by atoms with E-state index in [9.17, 15) is 4.79 Å². The van der Waals surface area contributed by atoms with Gasteiger partial charge < -0.3 is 5.23 Å². The third-order valence-electron chi connectivity index (χ3n) is 2.53. The van der Waals surface area contributed by atoms with E-state index in [1.165, 1.54) is 10.9 Å². The van der Waals surface area contributed by atoms with Gasteiger partial charge in [-0.3, -0.25) is 4.79 Å². The van der Waals surface area contributed by atoms with Gasteiger partial charge in [-0.15, -0.1) is 5.46 Å². The number of benzene rings is 1. The summed E-state index contributed by atoms with van der Waals surface area (Å²) in [5.41, 5.74) is 4.26. The van der Waals surface area contributed by atoms with Crippen LogP contribution in [0.25, 0.3) is 0 Å². The molecular formula is C7H11B4NO. The molecule has 0 fully saturated rings. The van der Waals surface area contributed by atoms with E-state index in [-0.39, 0.29) is 5.91 Å². The van der Waals surface area contributed by atoms with Crippen LogP contribution in [0, 0.1) is 0 Å². The molecule has 0 atom stereocenters. The number of rotatable bonds is 1. The highest BCUT2D eigenvalue weighted by atomic mass is 16.1. The van der Waals surface area contributed by atoms with Crippen LogP contribution < -0.4 is 21.6 Å². The second-order valence-corrected chi connectivity index (χ2v) is 3.26. The minimum atomic E-state index is -0.0133. The Kier molecular flexibility index (Phi) is 2.91. The molecule has 1 aromatic rings. The molecule has 0 aromatic heterocycles. The van der Waals surface area contributed by atoms with E-state index in [0.717, 1.165) is 11.0 Å². The monoisotopic (exact) mass is 169 g/mol. The van der Waals surface area contributed by atoms with Crippen molar-refractivity contribution in [2.45, 2.75) is 0 Å². The van der Waals surface area contributed by atoms with Crippen LogP contribution in [-0.4, -0.2) is 37.4 Å². The Morgan fingerprint density at radius 2 is 1.77 bits per heavy atom. The molecule has 13 heavy (non-hydrogen) atoms. The van der Waals surface area contributed by atoms with Crippen molar-refractivity contribution < 1.29 is 4.79 Å². The summed E-state index contributed by atoms with van der Waals surface area (Å²) >= 11 is 0. The highest BCUT2D eigenvalue weighted by Gasteiger charge is 2.08. The molecule has 1 N–H and O–H groups in total. The molecule has 0 bridgehead atoms. The first-order valence-corrected chi connectivity index (χ1v) is 4.36. The molecule has 0 saturated heterocycles. The third-order valence-corrected chi connectivity index (χ3v) is 2.53. The maximum absolute atomic E-state index is 11.4. The van der Waals surface area contributed by atoms with E-state index in [1.807, 2.05) is 27.8 Å². The Morgan fingerprint density at radius 1 is 1.15 bits per heavy atom. The standard InChI is InChI=1S/C7H11B4NO/c8-4-2-1-3(7(13)12-11)5(9)6(4)10/h1-2H,8-11H2,(H,12,13). The number of carbonyl (C=O) groups is 1. The summed E-state index contributed by atoms with van der Waals surface area (Å²) in [7, 11) is 7.72. The zero-order valence-corrected chi connectivity index (χ0v) is 8.56. The van der Waals surface area contributed by atoms with Crippen molar-refractivity contribution in [3.8, 4) is 0 Å². The van der Waals surface area contributed by atoms with Crippen LogP contribution in [0.5, 0.6) is 0 Å². The van der Waals surface area contributed by atoms with Gasteiger partial charge in [0, 0.05) is 5.56 Å². The summed E-state index contributed by atoms with van der Waals surface area (Å²) in [6.45, 7) is 0. The van der Waals surface area contributed by atoms with E-state index in [4.69, 9.17) is 0 Å². The maximum Gasteiger partial charge on any atom is 0.238 e. The van der Waals surface area contributed by atoms with Crippen molar-refractivity contribution in [2.24, 2.45) is 0 Å². The van der Waals surface area contributed by atoms with Crippen molar-refractivity contribution in [3.05, 3.63) is 17.7 Å². The molecule has 6 heteroatoms. The number of hydrogen-bond acceptors (Lipinski definition) is 1. The van der Waals surface area contributed by atoms with Crippen LogP contribution in [-0.2, 0) is 0 Å². The molecule has 0 unspecified atom stereocenters. The zero-order chi connectivity index (χ0) is 10.0. The molecule has 1 rings (SSSR count). The van der Waals surface area contributed by atoms with Crippen molar-refractivity contribution in [3.63, 3.8) is 0 Å². The lowest BCUT2D eigenvalue weighted by molar-refractivity contribution is 0.0983. The van der Waals surface area contributed by atoms with Gasteiger partial charge in [-0.25, -0.2) is 0 Å². The van der Waals surface area contributed by atoms with Crippen LogP contribution in [0.2, 0.25) is 0 Å². The molecule has 0 aliphatic rings. The maximum atomic E-state index is 11.4. The second-order valence-electron chi connectivity index (χ2n) is 3.26. The van der Waals surface area contributed by atoms with Crippen LogP contribution in [0.4, 0.5) is 0 Å². The van der Waals surface area contributed by atoms with Gasteiger partial charge >= 0.3 is 0 Å². The van der Waals surface area contributed by atoms with Crippen molar-refractivity contribution in [1.29, 1.82) is 0 Å². The highest BCUT2D eigenvalue weighted by Crippen LogP contribution is 1.89. The minimum absolute atomic E-state index is 0.0133. The summed E-state index contributed by atoms with van der Waals surface area (Å²) in [5, 5.41) is 2.63. The van der Waals surface area contributed by atoms with Gasteiger partial charge in [0.1, 0.15) is 23.5 Å². The molecule has 1 aromatic carbocycles. The fraction of sp³-hybridized carbons (Fsp3) is 0. The van der Waals surface area contributed by atoms with Gasteiger partial charge in [-0.05, 0) is 0 Å². The van der Waals surface area contributed by atoms with Crippen LogP contribution in [0.15, 0.2) is 12.1 Å². The fourth-order valence-corrected chi connectivity index (χ4v) is 1.34. The van der Waals surface area contributed by atoms with Gasteiger partial charge in [0.05, 0.1) is 0 Å². The molecule has 0 radical (unpaired) electrons. The van der Waals surface area contributed by atoms with Crippen LogP contribution in [0.3, 0.4) is 0 Å². The van der Waals surface area contributed by atoms with Gasteiger partial charge in [0.2, 0.25) is 13.9 Å². The SMILES string of the molecule is BNC(=O)c1ccc(B)c(B)c1B. The van der Waals surface area contributed by atoms with Crippen molar-refractivity contribution in [2.75, 3.05) is 0 Å². The largest absolute Gasteiger partial charge is 0.402 e. The molecule has 62 valence electrons. The Bertz CT molecular complexity index is 353. The molecular weight excluding hydrogens is 157 g/mol. The van der Waals surface area contributed by atoms with Crippen LogP contribution in [0.1, 0.15) is 10.4 Å². The molecule has 0 aliphatic heterocycles. The van der Waals surface area contributed by atoms with E-state index in [1.54, 1.807) is 7.98 Å². The van der Waals surface area contributed by atoms with Crippen molar-refractivity contribution >= 4 is 53.8 Å². The van der Waals surface area contributed by atoms with E-state index < -0.39 is 0 Å². The number of amides is 1. The Morgan fingerprint density at radius 3 is 2.31 bits per heavy atom. The molecule has 1 amide bonds. The lowest BCUT2D eigenvalue weighted by atomic mass is 9.70. The Hall–Kier alpha value is -1.05. The van der Waals surface area contributed by atoms with Gasteiger partial charge in [-0.2, -0.15) is 0 Å². The first-order chi connectivity index (χ1) is 6.07. The summed E-state index contributed by atoms with van der Waals surface area (Å²) in [4.78, 5) is 11.4. The molecule has 0 aliphatic carbocycles. The third kappa shape index (κ3) is 1.82. The van der Waals surface area contributed by atoms with Gasteiger partial charge in [-0.1, -0.05) is 23.1 Å². The molecule has 0 saturated carbocycles. The summed E-state index contributed by atoms with van der Waals surface area (Å²) in [5.74, 6) is -0.0133.